The number of hydrogen-bond acceptors (Lipinski definition) is 4. The SMILES string of the molecule is O=C(O)C=CN1CCCC1=O.OO. The van der Waals surface area contributed by atoms with Crippen molar-refractivity contribution in [2.24, 2.45) is 0 Å². The molecule has 0 unspecified atom stereocenters. The third-order valence-corrected chi connectivity index (χ3v) is 1.51. The van der Waals surface area contributed by atoms with Gasteiger partial charge in [0.05, 0.1) is 0 Å². The van der Waals surface area contributed by atoms with Crippen LogP contribution in [0.2, 0.25) is 0 Å². The zero-order valence-corrected chi connectivity index (χ0v) is 6.88. The Kier molecular flexibility index (Phi) is 5.49. The van der Waals surface area contributed by atoms with E-state index in [1.54, 1.807) is 0 Å². The van der Waals surface area contributed by atoms with Crippen LogP contribution in [0.3, 0.4) is 0 Å². The number of aliphatic carboxylic acids is 1. The summed E-state index contributed by atoms with van der Waals surface area (Å²) in [7, 11) is 0. The lowest BCUT2D eigenvalue weighted by Gasteiger charge is -2.06. The van der Waals surface area contributed by atoms with E-state index in [-0.39, 0.29) is 5.91 Å². The van der Waals surface area contributed by atoms with Crippen LogP contribution in [0.4, 0.5) is 0 Å². The molecule has 0 aromatic heterocycles. The second kappa shape index (κ2) is 6.15. The monoisotopic (exact) mass is 189 g/mol. The van der Waals surface area contributed by atoms with E-state index < -0.39 is 5.97 Å². The molecule has 1 aliphatic rings. The first-order chi connectivity index (χ1) is 6.20. The first-order valence-corrected chi connectivity index (χ1v) is 3.61. The Labute approximate surface area is 74.6 Å². The summed E-state index contributed by atoms with van der Waals surface area (Å²) in [5.74, 6) is -1.02. The third kappa shape index (κ3) is 4.24. The van der Waals surface area contributed by atoms with E-state index in [4.69, 9.17) is 15.6 Å². The number of carbonyl (C=O) groups excluding carboxylic acids is 1. The lowest BCUT2D eigenvalue weighted by molar-refractivity contribution is -0.176. The smallest absolute Gasteiger partial charge is 0.329 e. The van der Waals surface area contributed by atoms with Crippen molar-refractivity contribution >= 4 is 11.9 Å². The van der Waals surface area contributed by atoms with Crippen LogP contribution >= 0.6 is 0 Å². The summed E-state index contributed by atoms with van der Waals surface area (Å²) in [5, 5.41) is 20.2. The van der Waals surface area contributed by atoms with Crippen LogP contribution < -0.4 is 0 Å². The molecule has 1 saturated heterocycles. The molecule has 0 aliphatic carbocycles. The zero-order chi connectivity index (χ0) is 10.3. The van der Waals surface area contributed by atoms with Gasteiger partial charge in [-0.1, -0.05) is 0 Å². The minimum Gasteiger partial charge on any atom is -0.478 e. The molecule has 1 heterocycles. The maximum Gasteiger partial charge on any atom is 0.329 e. The van der Waals surface area contributed by atoms with Gasteiger partial charge in [0.2, 0.25) is 5.91 Å². The van der Waals surface area contributed by atoms with Crippen LogP contribution in [0.5, 0.6) is 0 Å². The fraction of sp³-hybridized carbons (Fsp3) is 0.429. The van der Waals surface area contributed by atoms with Gasteiger partial charge in [-0.25, -0.2) is 4.79 Å². The molecule has 0 bridgehead atoms. The lowest BCUT2D eigenvalue weighted by Crippen LogP contribution is -2.17. The molecule has 74 valence electrons. The molecule has 0 radical (unpaired) electrons. The largest absolute Gasteiger partial charge is 0.478 e. The quantitative estimate of drug-likeness (QED) is 0.328. The van der Waals surface area contributed by atoms with Crippen molar-refractivity contribution < 1.29 is 25.2 Å². The van der Waals surface area contributed by atoms with Crippen molar-refractivity contribution in [3.63, 3.8) is 0 Å². The average Bonchev–Trinajstić information content (AvgIpc) is 2.51. The summed E-state index contributed by atoms with van der Waals surface area (Å²) in [4.78, 5) is 22.3. The van der Waals surface area contributed by atoms with E-state index in [0.717, 1.165) is 12.5 Å². The highest BCUT2D eigenvalue weighted by atomic mass is 17.0. The molecule has 1 amide bonds. The fourth-order valence-electron chi connectivity index (χ4n) is 0.980. The van der Waals surface area contributed by atoms with Crippen molar-refractivity contribution in [3.8, 4) is 0 Å². The number of carboxylic acids is 1. The van der Waals surface area contributed by atoms with Gasteiger partial charge < -0.3 is 10.0 Å². The Morgan fingerprint density at radius 2 is 2.08 bits per heavy atom. The highest BCUT2D eigenvalue weighted by Crippen LogP contribution is 2.09. The number of carboxylic acid groups (broad SMARTS) is 1. The minimum atomic E-state index is -1.02. The number of carbonyl (C=O) groups is 2. The minimum absolute atomic E-state index is 0.00231. The van der Waals surface area contributed by atoms with Crippen LogP contribution in [0, 0.1) is 0 Å². The van der Waals surface area contributed by atoms with Gasteiger partial charge >= 0.3 is 5.97 Å². The molecule has 0 atom stereocenters. The van der Waals surface area contributed by atoms with Crippen LogP contribution in [-0.2, 0) is 9.59 Å². The topological polar surface area (TPSA) is 98.1 Å². The number of nitrogens with zero attached hydrogens (tertiary/aromatic N) is 1. The van der Waals surface area contributed by atoms with Crippen molar-refractivity contribution in [1.29, 1.82) is 0 Å². The first kappa shape index (κ1) is 11.6. The second-order valence-electron chi connectivity index (χ2n) is 2.34. The lowest BCUT2D eigenvalue weighted by atomic mass is 10.4. The average molecular weight is 189 g/mol. The number of hydrogen-bond donors (Lipinski definition) is 3. The molecule has 3 N–H and O–H groups in total. The first-order valence-electron chi connectivity index (χ1n) is 3.61. The van der Waals surface area contributed by atoms with Crippen molar-refractivity contribution in [3.05, 3.63) is 12.3 Å². The van der Waals surface area contributed by atoms with Crippen LogP contribution in [0.25, 0.3) is 0 Å². The van der Waals surface area contributed by atoms with E-state index in [1.165, 1.54) is 11.1 Å². The summed E-state index contributed by atoms with van der Waals surface area (Å²) in [6.45, 7) is 0.641. The molecule has 1 fully saturated rings. The van der Waals surface area contributed by atoms with Gasteiger partial charge in [-0.05, 0) is 6.42 Å². The van der Waals surface area contributed by atoms with Crippen LogP contribution in [0.1, 0.15) is 12.8 Å². The summed E-state index contributed by atoms with van der Waals surface area (Å²) >= 11 is 0. The summed E-state index contributed by atoms with van der Waals surface area (Å²) in [6, 6.07) is 0. The number of rotatable bonds is 2. The molecule has 1 aliphatic heterocycles. The molecule has 0 saturated carbocycles. The van der Waals surface area contributed by atoms with Gasteiger partial charge in [-0.2, -0.15) is 0 Å². The van der Waals surface area contributed by atoms with Gasteiger partial charge in [0, 0.05) is 25.2 Å². The number of likely N-dealkylation sites (tertiary alicyclic amines) is 1. The van der Waals surface area contributed by atoms with E-state index in [9.17, 15) is 9.59 Å². The molecule has 6 heteroatoms. The molecule has 0 aromatic carbocycles. The van der Waals surface area contributed by atoms with Crippen molar-refractivity contribution in [2.45, 2.75) is 12.8 Å². The Balaban J connectivity index is 0.000000671. The highest BCUT2D eigenvalue weighted by molar-refractivity contribution is 5.83. The Bertz CT molecular complexity index is 213. The number of amides is 1. The van der Waals surface area contributed by atoms with E-state index in [2.05, 4.69) is 0 Å². The highest BCUT2D eigenvalue weighted by Gasteiger charge is 2.17. The Morgan fingerprint density at radius 3 is 2.46 bits per heavy atom. The van der Waals surface area contributed by atoms with E-state index >= 15 is 0 Å². The summed E-state index contributed by atoms with van der Waals surface area (Å²) in [5.41, 5.74) is 0. The van der Waals surface area contributed by atoms with Crippen molar-refractivity contribution in [1.82, 2.24) is 4.90 Å². The predicted molar refractivity (Wildman–Crippen MR) is 43.0 cm³/mol. The van der Waals surface area contributed by atoms with Gasteiger partial charge in [0.25, 0.3) is 0 Å². The van der Waals surface area contributed by atoms with Gasteiger partial charge in [-0.3, -0.25) is 15.3 Å². The normalized spacial score (nSPS) is 15.8. The second-order valence-corrected chi connectivity index (χ2v) is 2.34. The summed E-state index contributed by atoms with van der Waals surface area (Å²) < 4.78 is 0. The van der Waals surface area contributed by atoms with Crippen molar-refractivity contribution in [2.75, 3.05) is 6.54 Å². The van der Waals surface area contributed by atoms with E-state index in [0.29, 0.717) is 13.0 Å². The van der Waals surface area contributed by atoms with Gasteiger partial charge in [0.15, 0.2) is 0 Å². The maximum atomic E-state index is 10.9. The summed E-state index contributed by atoms with van der Waals surface area (Å²) in [6.07, 6.45) is 3.65. The van der Waals surface area contributed by atoms with Gasteiger partial charge in [-0.15, -0.1) is 0 Å². The molecule has 6 nitrogen and oxygen atoms in total. The van der Waals surface area contributed by atoms with E-state index in [1.807, 2.05) is 0 Å². The third-order valence-electron chi connectivity index (χ3n) is 1.51. The molecule has 1 rings (SSSR count). The molecule has 0 aromatic rings. The zero-order valence-electron chi connectivity index (χ0n) is 6.88. The molecular formula is C7H11NO5. The standard InChI is InChI=1S/C7H9NO3.H2O2/c9-6-2-1-4-8(6)5-3-7(10)11;1-2/h3,5H,1-2,4H2,(H,10,11);1-2H. The van der Waals surface area contributed by atoms with Gasteiger partial charge in [0.1, 0.15) is 0 Å². The maximum absolute atomic E-state index is 10.9. The predicted octanol–water partition coefficient (Wildman–Crippen LogP) is 0.225. The molecule has 0 spiro atoms. The Morgan fingerprint density at radius 1 is 1.46 bits per heavy atom. The fourth-order valence-corrected chi connectivity index (χ4v) is 0.980. The Hall–Kier alpha value is -1.40. The van der Waals surface area contributed by atoms with Crippen LogP contribution in [-0.4, -0.2) is 38.9 Å². The van der Waals surface area contributed by atoms with Crippen LogP contribution in [0.15, 0.2) is 12.3 Å². The molecular weight excluding hydrogens is 178 g/mol. The molecule has 13 heavy (non-hydrogen) atoms.